The second-order valence-electron chi connectivity index (χ2n) is 6.57. The summed E-state index contributed by atoms with van der Waals surface area (Å²) in [5.41, 5.74) is 2.60. The third-order valence-electron chi connectivity index (χ3n) is 4.73. The van der Waals surface area contributed by atoms with E-state index >= 15 is 0 Å². The van der Waals surface area contributed by atoms with Crippen LogP contribution in [0.4, 0.5) is 0 Å². The smallest absolute Gasteiger partial charge is 0.256 e. The lowest BCUT2D eigenvalue weighted by atomic mass is 9.96. The summed E-state index contributed by atoms with van der Waals surface area (Å²) in [5.74, 6) is 1.46. The van der Waals surface area contributed by atoms with Crippen LogP contribution in [0.15, 0.2) is 21.7 Å². The number of aromatic nitrogens is 3. The quantitative estimate of drug-likeness (QED) is 0.864. The molecule has 0 N–H and O–H groups in total. The molecule has 0 aromatic carbocycles. The number of likely N-dealkylation sites (tertiary alicyclic amines) is 1. The Kier molecular flexibility index (Phi) is 4.61. The van der Waals surface area contributed by atoms with Gasteiger partial charge in [0.15, 0.2) is 5.76 Å². The molecule has 1 saturated heterocycles. The fourth-order valence-electron chi connectivity index (χ4n) is 3.12. The molecule has 1 aliphatic rings. The maximum absolute atomic E-state index is 12.3. The molecule has 0 atom stereocenters. The minimum atomic E-state index is 0.0945. The highest BCUT2D eigenvalue weighted by Gasteiger charge is 2.21. The molecule has 0 spiro atoms. The lowest BCUT2D eigenvalue weighted by Gasteiger charge is -2.31. The van der Waals surface area contributed by atoms with E-state index in [2.05, 4.69) is 15.0 Å². The normalized spacial score (nSPS) is 16.8. The molecular weight excluding hydrogens is 292 g/mol. The Balaban J connectivity index is 1.55. The fourth-order valence-corrected chi connectivity index (χ4v) is 3.12. The number of hydrogen-bond donors (Lipinski definition) is 0. The first-order valence-corrected chi connectivity index (χ1v) is 8.20. The molecule has 6 nitrogen and oxygen atoms in total. The van der Waals surface area contributed by atoms with Crippen LogP contribution in [-0.4, -0.2) is 32.7 Å². The van der Waals surface area contributed by atoms with Crippen LogP contribution in [-0.2, 0) is 13.1 Å². The SMILES string of the molecule is Cc1cc(CN2CCC(Cn3cnc(C)c(C)c3=O)CC2)on1. The van der Waals surface area contributed by atoms with Gasteiger partial charge in [-0.15, -0.1) is 0 Å². The highest BCUT2D eigenvalue weighted by Crippen LogP contribution is 2.20. The molecule has 0 unspecified atom stereocenters. The molecule has 3 heterocycles. The molecule has 0 radical (unpaired) electrons. The highest BCUT2D eigenvalue weighted by atomic mass is 16.5. The lowest BCUT2D eigenvalue weighted by Crippen LogP contribution is -2.36. The molecule has 23 heavy (non-hydrogen) atoms. The summed E-state index contributed by atoms with van der Waals surface area (Å²) in [7, 11) is 0. The van der Waals surface area contributed by atoms with Crippen LogP contribution in [0.3, 0.4) is 0 Å². The van der Waals surface area contributed by atoms with Crippen molar-refractivity contribution >= 4 is 0 Å². The van der Waals surface area contributed by atoms with Crippen LogP contribution in [0.25, 0.3) is 0 Å². The monoisotopic (exact) mass is 316 g/mol. The van der Waals surface area contributed by atoms with E-state index in [9.17, 15) is 4.79 Å². The Labute approximate surface area is 136 Å². The fraction of sp³-hybridized carbons (Fsp3) is 0.588. The molecule has 2 aromatic heterocycles. The van der Waals surface area contributed by atoms with Gasteiger partial charge in [-0.3, -0.25) is 14.3 Å². The molecule has 0 bridgehead atoms. The molecule has 1 fully saturated rings. The van der Waals surface area contributed by atoms with Gasteiger partial charge in [0.25, 0.3) is 5.56 Å². The third kappa shape index (κ3) is 3.69. The van der Waals surface area contributed by atoms with Gasteiger partial charge in [0.2, 0.25) is 0 Å². The first-order chi connectivity index (χ1) is 11.0. The van der Waals surface area contributed by atoms with Gasteiger partial charge < -0.3 is 4.52 Å². The van der Waals surface area contributed by atoms with Crippen LogP contribution >= 0.6 is 0 Å². The summed E-state index contributed by atoms with van der Waals surface area (Å²) in [5, 5.41) is 3.93. The maximum Gasteiger partial charge on any atom is 0.256 e. The van der Waals surface area contributed by atoms with E-state index in [-0.39, 0.29) is 5.56 Å². The van der Waals surface area contributed by atoms with E-state index in [1.807, 2.05) is 26.8 Å². The molecule has 2 aromatic rings. The van der Waals surface area contributed by atoms with Gasteiger partial charge in [0, 0.05) is 23.9 Å². The molecule has 124 valence electrons. The zero-order valence-electron chi connectivity index (χ0n) is 14.1. The van der Waals surface area contributed by atoms with E-state index in [0.29, 0.717) is 5.92 Å². The van der Waals surface area contributed by atoms with Crippen LogP contribution < -0.4 is 5.56 Å². The minimum Gasteiger partial charge on any atom is -0.360 e. The van der Waals surface area contributed by atoms with Gasteiger partial charge in [-0.2, -0.15) is 0 Å². The second-order valence-corrected chi connectivity index (χ2v) is 6.57. The predicted molar refractivity (Wildman–Crippen MR) is 87.2 cm³/mol. The Morgan fingerprint density at radius 2 is 2.00 bits per heavy atom. The first kappa shape index (κ1) is 15.9. The van der Waals surface area contributed by atoms with Crippen LogP contribution in [0.2, 0.25) is 0 Å². The zero-order chi connectivity index (χ0) is 16.4. The Morgan fingerprint density at radius 3 is 2.65 bits per heavy atom. The van der Waals surface area contributed by atoms with Crippen molar-refractivity contribution in [3.63, 3.8) is 0 Å². The van der Waals surface area contributed by atoms with Crippen LogP contribution in [0.1, 0.15) is 35.6 Å². The predicted octanol–water partition coefficient (Wildman–Crippen LogP) is 2.07. The maximum atomic E-state index is 12.3. The van der Waals surface area contributed by atoms with Crippen LogP contribution in [0.5, 0.6) is 0 Å². The van der Waals surface area contributed by atoms with Crippen molar-refractivity contribution in [3.8, 4) is 0 Å². The van der Waals surface area contributed by atoms with Gasteiger partial charge in [-0.1, -0.05) is 5.16 Å². The Hall–Kier alpha value is -1.95. The molecule has 0 amide bonds. The number of piperidine rings is 1. The van der Waals surface area contributed by atoms with Crippen molar-refractivity contribution in [2.75, 3.05) is 13.1 Å². The van der Waals surface area contributed by atoms with Crippen LogP contribution in [0, 0.1) is 26.7 Å². The molecule has 1 aliphatic heterocycles. The summed E-state index contributed by atoms with van der Waals surface area (Å²) in [6.45, 7) is 9.30. The summed E-state index contributed by atoms with van der Waals surface area (Å²) in [6.07, 6.45) is 3.87. The van der Waals surface area contributed by atoms with Crippen molar-refractivity contribution in [1.82, 2.24) is 19.6 Å². The van der Waals surface area contributed by atoms with Gasteiger partial charge in [-0.25, -0.2) is 4.98 Å². The summed E-state index contributed by atoms with van der Waals surface area (Å²) < 4.78 is 7.05. The van der Waals surface area contributed by atoms with Crippen molar-refractivity contribution in [1.29, 1.82) is 0 Å². The van der Waals surface area contributed by atoms with Gasteiger partial charge in [0.05, 0.1) is 18.6 Å². The Bertz CT molecular complexity index is 726. The number of aryl methyl sites for hydroxylation is 2. The standard InChI is InChI=1S/C17H24N4O2/c1-12-8-16(23-19-12)10-20-6-4-15(5-7-20)9-21-11-18-14(3)13(2)17(21)22/h8,11,15H,4-7,9-10H2,1-3H3. The van der Waals surface area contributed by atoms with E-state index in [1.54, 1.807) is 10.9 Å². The lowest BCUT2D eigenvalue weighted by molar-refractivity contribution is 0.152. The van der Waals surface area contributed by atoms with E-state index < -0.39 is 0 Å². The minimum absolute atomic E-state index is 0.0945. The van der Waals surface area contributed by atoms with Crippen molar-refractivity contribution in [3.05, 3.63) is 45.5 Å². The van der Waals surface area contributed by atoms with Crippen molar-refractivity contribution < 1.29 is 4.52 Å². The van der Waals surface area contributed by atoms with Crippen molar-refractivity contribution in [2.24, 2.45) is 5.92 Å². The van der Waals surface area contributed by atoms with E-state index in [0.717, 1.165) is 61.7 Å². The van der Waals surface area contributed by atoms with E-state index in [1.165, 1.54) is 0 Å². The number of rotatable bonds is 4. The topological polar surface area (TPSA) is 64.2 Å². The van der Waals surface area contributed by atoms with E-state index in [4.69, 9.17) is 4.52 Å². The molecule has 3 rings (SSSR count). The average molecular weight is 316 g/mol. The zero-order valence-corrected chi connectivity index (χ0v) is 14.1. The van der Waals surface area contributed by atoms with Crippen molar-refractivity contribution in [2.45, 2.75) is 46.7 Å². The highest BCUT2D eigenvalue weighted by molar-refractivity contribution is 5.12. The third-order valence-corrected chi connectivity index (χ3v) is 4.73. The van der Waals surface area contributed by atoms with Gasteiger partial charge in [0.1, 0.15) is 0 Å². The summed E-state index contributed by atoms with van der Waals surface area (Å²) in [4.78, 5) is 19.0. The number of hydrogen-bond acceptors (Lipinski definition) is 5. The molecule has 6 heteroatoms. The average Bonchev–Trinajstić information content (AvgIpc) is 2.95. The molecule has 0 saturated carbocycles. The largest absolute Gasteiger partial charge is 0.360 e. The molecule has 0 aliphatic carbocycles. The van der Waals surface area contributed by atoms with Gasteiger partial charge >= 0.3 is 0 Å². The summed E-state index contributed by atoms with van der Waals surface area (Å²) in [6, 6.07) is 1.99. The first-order valence-electron chi connectivity index (χ1n) is 8.20. The Morgan fingerprint density at radius 1 is 1.26 bits per heavy atom. The second kappa shape index (κ2) is 6.66. The molecular formula is C17H24N4O2. The number of nitrogens with zero attached hydrogens (tertiary/aromatic N) is 4. The van der Waals surface area contributed by atoms with Gasteiger partial charge in [-0.05, 0) is 52.6 Å². The summed E-state index contributed by atoms with van der Waals surface area (Å²) >= 11 is 0.